The SMILES string of the molecule is CCS(=O)(=O)N(C)C1CCN(C(C)c2ccc3scnc3c2)CC1. The molecule has 0 saturated carbocycles. The van der Waals surface area contributed by atoms with Crippen molar-refractivity contribution in [3.05, 3.63) is 29.3 Å². The van der Waals surface area contributed by atoms with Crippen molar-refractivity contribution in [3.63, 3.8) is 0 Å². The number of likely N-dealkylation sites (tertiary alicyclic amines) is 1. The minimum atomic E-state index is -3.10. The van der Waals surface area contributed by atoms with Crippen molar-refractivity contribution in [2.75, 3.05) is 25.9 Å². The standard InChI is InChI=1S/C17H25N3O2S2/c1-4-24(21,22)19(3)15-7-9-20(10-8-15)13(2)14-5-6-17-16(11-14)18-12-23-17/h5-6,11-13,15H,4,7-10H2,1-3H3. The molecule has 1 atom stereocenters. The van der Waals surface area contributed by atoms with Crippen LogP contribution in [0.15, 0.2) is 23.7 Å². The summed E-state index contributed by atoms with van der Waals surface area (Å²) in [4.78, 5) is 6.85. The van der Waals surface area contributed by atoms with E-state index in [0.717, 1.165) is 31.4 Å². The summed E-state index contributed by atoms with van der Waals surface area (Å²) >= 11 is 1.66. The maximum absolute atomic E-state index is 12.0. The number of fused-ring (bicyclic) bond motifs is 1. The summed E-state index contributed by atoms with van der Waals surface area (Å²) in [5.74, 6) is 0.174. The van der Waals surface area contributed by atoms with Crippen molar-refractivity contribution in [2.24, 2.45) is 0 Å². The Morgan fingerprint density at radius 3 is 2.75 bits per heavy atom. The molecule has 0 spiro atoms. The number of aromatic nitrogens is 1. The summed E-state index contributed by atoms with van der Waals surface area (Å²) in [6, 6.07) is 6.96. The average Bonchev–Trinajstić information content (AvgIpc) is 3.08. The molecule has 1 aromatic heterocycles. The third kappa shape index (κ3) is 3.49. The fourth-order valence-corrected chi connectivity index (χ4v) is 5.14. The highest BCUT2D eigenvalue weighted by atomic mass is 32.2. The van der Waals surface area contributed by atoms with Crippen LogP contribution in [0.3, 0.4) is 0 Å². The second-order valence-corrected chi connectivity index (χ2v) is 9.64. The van der Waals surface area contributed by atoms with Crippen LogP contribution in [0.1, 0.15) is 38.3 Å². The van der Waals surface area contributed by atoms with Gasteiger partial charge in [-0.25, -0.2) is 17.7 Å². The molecule has 132 valence electrons. The maximum atomic E-state index is 12.0. The predicted octanol–water partition coefficient (Wildman–Crippen LogP) is 3.10. The second kappa shape index (κ2) is 7.07. The van der Waals surface area contributed by atoms with E-state index in [1.165, 1.54) is 10.3 Å². The van der Waals surface area contributed by atoms with E-state index in [4.69, 9.17) is 0 Å². The van der Waals surface area contributed by atoms with Crippen molar-refractivity contribution >= 4 is 31.6 Å². The normalized spacial score (nSPS) is 19.2. The van der Waals surface area contributed by atoms with Crippen LogP contribution in [-0.4, -0.2) is 54.5 Å². The zero-order valence-corrected chi connectivity index (χ0v) is 16.1. The first-order chi connectivity index (χ1) is 11.4. The van der Waals surface area contributed by atoms with E-state index in [2.05, 4.69) is 35.0 Å². The number of sulfonamides is 1. The Morgan fingerprint density at radius 1 is 1.38 bits per heavy atom. The van der Waals surface area contributed by atoms with Crippen molar-refractivity contribution in [1.82, 2.24) is 14.2 Å². The molecule has 1 fully saturated rings. The van der Waals surface area contributed by atoms with Gasteiger partial charge < -0.3 is 0 Å². The minimum absolute atomic E-state index is 0.124. The molecule has 1 aliphatic heterocycles. The largest absolute Gasteiger partial charge is 0.296 e. The Balaban J connectivity index is 1.65. The molecular formula is C17H25N3O2S2. The van der Waals surface area contributed by atoms with E-state index >= 15 is 0 Å². The van der Waals surface area contributed by atoms with Gasteiger partial charge in [-0.2, -0.15) is 0 Å². The van der Waals surface area contributed by atoms with Crippen LogP contribution < -0.4 is 0 Å². The van der Waals surface area contributed by atoms with Crippen LogP contribution >= 0.6 is 11.3 Å². The van der Waals surface area contributed by atoms with E-state index in [1.54, 1.807) is 29.6 Å². The van der Waals surface area contributed by atoms with Gasteiger partial charge in [0.05, 0.1) is 21.5 Å². The number of piperidine rings is 1. The number of nitrogens with zero attached hydrogens (tertiary/aromatic N) is 3. The molecule has 1 unspecified atom stereocenters. The molecule has 3 rings (SSSR count). The molecule has 1 aliphatic rings. The summed E-state index contributed by atoms with van der Waals surface area (Å²) in [7, 11) is -1.38. The van der Waals surface area contributed by atoms with Crippen LogP contribution in [0, 0.1) is 0 Å². The molecule has 1 aromatic carbocycles. The van der Waals surface area contributed by atoms with Gasteiger partial charge in [0.25, 0.3) is 0 Å². The predicted molar refractivity (Wildman–Crippen MR) is 99.9 cm³/mol. The highest BCUT2D eigenvalue weighted by Gasteiger charge is 2.30. The third-order valence-electron chi connectivity index (χ3n) is 5.20. The molecule has 7 heteroatoms. The second-order valence-electron chi connectivity index (χ2n) is 6.44. The number of hydrogen-bond donors (Lipinski definition) is 0. The zero-order valence-electron chi connectivity index (χ0n) is 14.5. The number of thiazole rings is 1. The van der Waals surface area contributed by atoms with Gasteiger partial charge in [0.2, 0.25) is 10.0 Å². The Bertz CT molecular complexity index is 795. The Labute approximate surface area is 148 Å². The molecule has 2 heterocycles. The number of benzene rings is 1. The van der Waals surface area contributed by atoms with Crippen LogP contribution in [0.5, 0.6) is 0 Å². The highest BCUT2D eigenvalue weighted by Crippen LogP contribution is 2.29. The molecule has 0 N–H and O–H groups in total. The van der Waals surface area contributed by atoms with Crippen LogP contribution in [0.2, 0.25) is 0 Å². The van der Waals surface area contributed by atoms with E-state index < -0.39 is 10.0 Å². The third-order valence-corrected chi connectivity index (χ3v) is 7.92. The van der Waals surface area contributed by atoms with E-state index in [1.807, 2.05) is 5.51 Å². The van der Waals surface area contributed by atoms with E-state index in [9.17, 15) is 8.42 Å². The van der Waals surface area contributed by atoms with Crippen molar-refractivity contribution in [2.45, 2.75) is 38.8 Å². The topological polar surface area (TPSA) is 53.5 Å². The number of hydrogen-bond acceptors (Lipinski definition) is 5. The monoisotopic (exact) mass is 367 g/mol. The zero-order chi connectivity index (χ0) is 17.3. The van der Waals surface area contributed by atoms with Crippen molar-refractivity contribution < 1.29 is 8.42 Å². The summed E-state index contributed by atoms with van der Waals surface area (Å²) in [6.45, 7) is 5.77. The van der Waals surface area contributed by atoms with Gasteiger partial charge in [-0.3, -0.25) is 4.90 Å². The minimum Gasteiger partial charge on any atom is -0.296 e. The van der Waals surface area contributed by atoms with Gasteiger partial charge in [-0.15, -0.1) is 11.3 Å². The van der Waals surface area contributed by atoms with Crippen LogP contribution in [-0.2, 0) is 10.0 Å². The van der Waals surface area contributed by atoms with Gasteiger partial charge in [0, 0.05) is 32.2 Å². The average molecular weight is 368 g/mol. The molecule has 0 aliphatic carbocycles. The summed E-state index contributed by atoms with van der Waals surface area (Å²) in [5, 5.41) is 0. The molecule has 0 radical (unpaired) electrons. The van der Waals surface area contributed by atoms with E-state index in [-0.39, 0.29) is 11.8 Å². The molecule has 0 bridgehead atoms. The Morgan fingerprint density at radius 2 is 2.08 bits per heavy atom. The lowest BCUT2D eigenvalue weighted by Crippen LogP contribution is -2.46. The molecule has 24 heavy (non-hydrogen) atoms. The lowest BCUT2D eigenvalue weighted by molar-refractivity contribution is 0.133. The van der Waals surface area contributed by atoms with Crippen LogP contribution in [0.25, 0.3) is 10.2 Å². The molecule has 5 nitrogen and oxygen atoms in total. The first-order valence-electron chi connectivity index (χ1n) is 8.45. The van der Waals surface area contributed by atoms with E-state index in [0.29, 0.717) is 6.04 Å². The Kier molecular flexibility index (Phi) is 5.24. The summed E-state index contributed by atoms with van der Waals surface area (Å²) in [5.41, 5.74) is 4.23. The van der Waals surface area contributed by atoms with Crippen LogP contribution in [0.4, 0.5) is 0 Å². The number of rotatable bonds is 5. The molecule has 0 amide bonds. The molecular weight excluding hydrogens is 342 g/mol. The van der Waals surface area contributed by atoms with Crippen molar-refractivity contribution in [1.29, 1.82) is 0 Å². The first-order valence-corrected chi connectivity index (χ1v) is 10.9. The van der Waals surface area contributed by atoms with Gasteiger partial charge in [0.1, 0.15) is 0 Å². The lowest BCUT2D eigenvalue weighted by Gasteiger charge is -2.39. The van der Waals surface area contributed by atoms with Gasteiger partial charge in [-0.1, -0.05) is 6.07 Å². The maximum Gasteiger partial charge on any atom is 0.213 e. The van der Waals surface area contributed by atoms with Crippen molar-refractivity contribution in [3.8, 4) is 0 Å². The van der Waals surface area contributed by atoms with Gasteiger partial charge in [-0.05, 0) is 44.4 Å². The smallest absolute Gasteiger partial charge is 0.213 e. The summed E-state index contributed by atoms with van der Waals surface area (Å²) in [6.07, 6.45) is 1.78. The van der Waals surface area contributed by atoms with Gasteiger partial charge >= 0.3 is 0 Å². The quantitative estimate of drug-likeness (QED) is 0.815. The first kappa shape index (κ1) is 17.8. The molecule has 1 saturated heterocycles. The highest BCUT2D eigenvalue weighted by molar-refractivity contribution is 7.89. The lowest BCUT2D eigenvalue weighted by atomic mass is 10.00. The van der Waals surface area contributed by atoms with Gasteiger partial charge in [0.15, 0.2) is 0 Å². The summed E-state index contributed by atoms with van der Waals surface area (Å²) < 4.78 is 26.9. The molecule has 2 aromatic rings. The fourth-order valence-electron chi connectivity index (χ4n) is 3.41. The fraction of sp³-hybridized carbons (Fsp3) is 0.588. The Hall–Kier alpha value is -1.02.